The summed E-state index contributed by atoms with van der Waals surface area (Å²) >= 11 is 0. The maximum absolute atomic E-state index is 12.9. The van der Waals surface area contributed by atoms with Crippen molar-refractivity contribution >= 4 is 11.8 Å². The molecule has 0 aromatic carbocycles. The van der Waals surface area contributed by atoms with E-state index < -0.39 is 11.6 Å². The summed E-state index contributed by atoms with van der Waals surface area (Å²) in [7, 11) is 1.64. The molecule has 2 aliphatic rings. The number of rotatable bonds is 6. The Hall–Kier alpha value is -1.10. The van der Waals surface area contributed by atoms with E-state index in [1.54, 1.807) is 12.0 Å². The summed E-state index contributed by atoms with van der Waals surface area (Å²) in [5, 5.41) is 2.98. The zero-order valence-corrected chi connectivity index (χ0v) is 13.8. The smallest absolute Gasteiger partial charge is 0.246 e. The molecule has 1 saturated heterocycles. The summed E-state index contributed by atoms with van der Waals surface area (Å²) in [6.07, 6.45) is 2.83. The average molecular weight is 296 g/mol. The van der Waals surface area contributed by atoms with Crippen molar-refractivity contribution < 1.29 is 14.3 Å². The molecule has 4 atom stereocenters. The van der Waals surface area contributed by atoms with Gasteiger partial charge in [-0.25, -0.2) is 0 Å². The van der Waals surface area contributed by atoms with Crippen LogP contribution in [0.3, 0.4) is 0 Å². The van der Waals surface area contributed by atoms with Crippen LogP contribution in [0.1, 0.15) is 47.0 Å². The summed E-state index contributed by atoms with van der Waals surface area (Å²) in [5.41, 5.74) is -0.714. The van der Waals surface area contributed by atoms with E-state index in [0.29, 0.717) is 6.54 Å². The standard InChI is InChI=1S/C16H28N2O3/c1-6-10(2)13-14(19)18(9-11(3)21-5)16(4,12-7-8-12)15(20)17-13/h10-13H,6-9H2,1-5H3,(H,17,20). The monoisotopic (exact) mass is 296 g/mol. The number of piperazine rings is 1. The Morgan fingerprint density at radius 3 is 2.48 bits per heavy atom. The molecule has 0 aromatic rings. The van der Waals surface area contributed by atoms with Crippen LogP contribution < -0.4 is 5.32 Å². The highest BCUT2D eigenvalue weighted by molar-refractivity contribution is 6.00. The Morgan fingerprint density at radius 2 is 2.00 bits per heavy atom. The second-order valence-electron chi connectivity index (χ2n) is 6.75. The first kappa shape index (κ1) is 16.3. The molecule has 2 amide bonds. The first-order valence-electron chi connectivity index (χ1n) is 8.01. The van der Waals surface area contributed by atoms with Gasteiger partial charge < -0.3 is 15.0 Å². The van der Waals surface area contributed by atoms with E-state index >= 15 is 0 Å². The van der Waals surface area contributed by atoms with Crippen molar-refractivity contribution in [1.82, 2.24) is 10.2 Å². The summed E-state index contributed by atoms with van der Waals surface area (Å²) in [4.78, 5) is 27.4. The number of amides is 2. The zero-order valence-electron chi connectivity index (χ0n) is 13.8. The molecule has 120 valence electrons. The number of carbonyl (C=O) groups is 2. The number of nitrogens with one attached hydrogen (secondary N) is 1. The van der Waals surface area contributed by atoms with Crippen LogP contribution in [0.4, 0.5) is 0 Å². The lowest BCUT2D eigenvalue weighted by Gasteiger charge is -2.48. The molecule has 5 heteroatoms. The first-order valence-corrected chi connectivity index (χ1v) is 8.01. The third kappa shape index (κ3) is 2.80. The Bertz CT molecular complexity index is 422. The van der Waals surface area contributed by atoms with Gasteiger partial charge in [-0.3, -0.25) is 9.59 Å². The van der Waals surface area contributed by atoms with Crippen LogP contribution in [0.2, 0.25) is 0 Å². The third-order valence-electron chi connectivity index (χ3n) is 5.27. The van der Waals surface area contributed by atoms with Gasteiger partial charge in [-0.05, 0) is 38.5 Å². The van der Waals surface area contributed by atoms with E-state index in [1.807, 2.05) is 27.7 Å². The van der Waals surface area contributed by atoms with Gasteiger partial charge in [-0.15, -0.1) is 0 Å². The van der Waals surface area contributed by atoms with Gasteiger partial charge in [0.25, 0.3) is 0 Å². The Labute approximate surface area is 127 Å². The fourth-order valence-electron chi connectivity index (χ4n) is 3.15. The van der Waals surface area contributed by atoms with Gasteiger partial charge in [0.1, 0.15) is 11.6 Å². The number of carbonyl (C=O) groups excluding carboxylic acids is 2. The predicted octanol–water partition coefficient (Wildman–Crippen LogP) is 1.56. The fraction of sp³-hybridized carbons (Fsp3) is 0.875. The van der Waals surface area contributed by atoms with Crippen molar-refractivity contribution in [2.24, 2.45) is 11.8 Å². The van der Waals surface area contributed by atoms with E-state index in [2.05, 4.69) is 5.32 Å². The first-order chi connectivity index (χ1) is 9.86. The molecule has 2 fully saturated rings. The highest BCUT2D eigenvalue weighted by Crippen LogP contribution is 2.45. The lowest BCUT2D eigenvalue weighted by atomic mass is 9.84. The second kappa shape index (κ2) is 5.95. The fourth-order valence-corrected chi connectivity index (χ4v) is 3.15. The molecular formula is C16H28N2O3. The molecule has 0 spiro atoms. The molecule has 2 rings (SSSR count). The van der Waals surface area contributed by atoms with Crippen LogP contribution in [0.25, 0.3) is 0 Å². The van der Waals surface area contributed by atoms with E-state index in [-0.39, 0.29) is 29.8 Å². The average Bonchev–Trinajstić information content (AvgIpc) is 3.31. The van der Waals surface area contributed by atoms with Crippen molar-refractivity contribution in [3.05, 3.63) is 0 Å². The molecule has 21 heavy (non-hydrogen) atoms. The Kier molecular flexibility index (Phi) is 4.61. The molecule has 0 aromatic heterocycles. The maximum atomic E-state index is 12.9. The Morgan fingerprint density at radius 1 is 1.38 bits per heavy atom. The minimum absolute atomic E-state index is 0.00166. The number of methoxy groups -OCH3 is 1. The third-order valence-corrected chi connectivity index (χ3v) is 5.27. The van der Waals surface area contributed by atoms with E-state index in [9.17, 15) is 9.59 Å². The summed E-state index contributed by atoms with van der Waals surface area (Å²) < 4.78 is 5.33. The lowest BCUT2D eigenvalue weighted by molar-refractivity contribution is -0.161. The lowest BCUT2D eigenvalue weighted by Crippen LogP contribution is -2.72. The number of hydrogen-bond donors (Lipinski definition) is 1. The van der Waals surface area contributed by atoms with Crippen LogP contribution in [0.5, 0.6) is 0 Å². The van der Waals surface area contributed by atoms with Crippen LogP contribution in [-0.2, 0) is 14.3 Å². The SMILES string of the molecule is CCC(C)C1NC(=O)C(C)(C2CC2)N(CC(C)OC)C1=O. The highest BCUT2D eigenvalue weighted by atomic mass is 16.5. The predicted molar refractivity (Wildman–Crippen MR) is 80.7 cm³/mol. The summed E-state index contributed by atoms with van der Waals surface area (Å²) in [6.45, 7) is 8.38. The van der Waals surface area contributed by atoms with Gasteiger partial charge in [-0.2, -0.15) is 0 Å². The van der Waals surface area contributed by atoms with Crippen molar-refractivity contribution in [3.8, 4) is 0 Å². The topological polar surface area (TPSA) is 58.6 Å². The van der Waals surface area contributed by atoms with Gasteiger partial charge in [0.15, 0.2) is 0 Å². The molecule has 1 aliphatic carbocycles. The van der Waals surface area contributed by atoms with E-state index in [4.69, 9.17) is 4.74 Å². The van der Waals surface area contributed by atoms with E-state index in [1.165, 1.54) is 0 Å². The molecular weight excluding hydrogens is 268 g/mol. The molecule has 0 radical (unpaired) electrons. The van der Waals surface area contributed by atoms with Crippen molar-refractivity contribution in [1.29, 1.82) is 0 Å². The van der Waals surface area contributed by atoms with Crippen LogP contribution in [0.15, 0.2) is 0 Å². The molecule has 0 bridgehead atoms. The van der Waals surface area contributed by atoms with Crippen molar-refractivity contribution in [2.45, 2.75) is 64.6 Å². The number of nitrogens with zero attached hydrogens (tertiary/aromatic N) is 1. The van der Waals surface area contributed by atoms with Gasteiger partial charge in [0.2, 0.25) is 11.8 Å². The molecule has 1 aliphatic heterocycles. The van der Waals surface area contributed by atoms with E-state index in [0.717, 1.165) is 19.3 Å². The Balaban J connectivity index is 2.30. The number of hydrogen-bond acceptors (Lipinski definition) is 3. The van der Waals surface area contributed by atoms with Gasteiger partial charge in [-0.1, -0.05) is 20.3 Å². The minimum atomic E-state index is -0.714. The largest absolute Gasteiger partial charge is 0.380 e. The highest BCUT2D eigenvalue weighted by Gasteiger charge is 2.57. The summed E-state index contributed by atoms with van der Waals surface area (Å²) in [6, 6.07) is -0.404. The normalized spacial score (nSPS) is 32.8. The molecule has 1 N–H and O–H groups in total. The number of ether oxygens (including phenoxy) is 1. The van der Waals surface area contributed by atoms with Crippen molar-refractivity contribution in [2.75, 3.05) is 13.7 Å². The van der Waals surface area contributed by atoms with Gasteiger partial charge in [0.05, 0.1) is 6.10 Å². The minimum Gasteiger partial charge on any atom is -0.380 e. The molecule has 4 unspecified atom stereocenters. The van der Waals surface area contributed by atoms with Crippen LogP contribution >= 0.6 is 0 Å². The van der Waals surface area contributed by atoms with Crippen LogP contribution in [0, 0.1) is 11.8 Å². The molecule has 1 heterocycles. The van der Waals surface area contributed by atoms with Gasteiger partial charge in [0, 0.05) is 13.7 Å². The second-order valence-corrected chi connectivity index (χ2v) is 6.75. The van der Waals surface area contributed by atoms with Crippen molar-refractivity contribution in [3.63, 3.8) is 0 Å². The quantitative estimate of drug-likeness (QED) is 0.809. The maximum Gasteiger partial charge on any atom is 0.246 e. The zero-order chi connectivity index (χ0) is 15.8. The molecule has 5 nitrogen and oxygen atoms in total. The van der Waals surface area contributed by atoms with Gasteiger partial charge >= 0.3 is 0 Å². The summed E-state index contributed by atoms with van der Waals surface area (Å²) in [5.74, 6) is 0.467. The molecule has 1 saturated carbocycles. The van der Waals surface area contributed by atoms with Crippen LogP contribution in [-0.4, -0.2) is 48.1 Å².